The van der Waals surface area contributed by atoms with E-state index in [-0.39, 0.29) is 5.41 Å². The lowest BCUT2D eigenvalue weighted by Gasteiger charge is -2.43. The molecule has 0 amide bonds. The molecule has 168 valence electrons. The summed E-state index contributed by atoms with van der Waals surface area (Å²) in [5.41, 5.74) is 1.70. The summed E-state index contributed by atoms with van der Waals surface area (Å²) in [6.07, 6.45) is 13.0. The van der Waals surface area contributed by atoms with E-state index in [1.165, 1.54) is 50.5 Å². The van der Waals surface area contributed by atoms with Gasteiger partial charge in [0.05, 0.1) is 0 Å². The van der Waals surface area contributed by atoms with Crippen LogP contribution in [0.3, 0.4) is 0 Å². The first-order chi connectivity index (χ1) is 15.3. The van der Waals surface area contributed by atoms with Crippen molar-refractivity contribution < 1.29 is 0 Å². The Morgan fingerprint density at radius 3 is 2.55 bits per heavy atom. The summed E-state index contributed by atoms with van der Waals surface area (Å²) in [5.74, 6) is 2.03. The molecule has 7 heteroatoms. The second-order valence-corrected chi connectivity index (χ2v) is 9.64. The van der Waals surface area contributed by atoms with Gasteiger partial charge < -0.3 is 15.2 Å². The van der Waals surface area contributed by atoms with Crippen molar-refractivity contribution in [2.45, 2.75) is 74.4 Å². The number of hydrogen-bond acceptors (Lipinski definition) is 4. The van der Waals surface area contributed by atoms with Gasteiger partial charge in [-0.15, -0.1) is 10.2 Å². The molecule has 2 saturated carbocycles. The molecule has 0 atom stereocenters. The summed E-state index contributed by atoms with van der Waals surface area (Å²) in [6.45, 7) is 1.81. The topological polar surface area (TPSA) is 67.1 Å². The molecule has 0 unspecified atom stereocenters. The summed E-state index contributed by atoms with van der Waals surface area (Å²) in [4.78, 5) is 4.44. The van der Waals surface area contributed by atoms with E-state index >= 15 is 0 Å². The highest BCUT2D eigenvalue weighted by molar-refractivity contribution is 7.98. The molecule has 1 heterocycles. The second kappa shape index (κ2) is 10.5. The fourth-order valence-electron chi connectivity index (χ4n) is 5.04. The third-order valence-corrected chi connectivity index (χ3v) is 7.64. The van der Waals surface area contributed by atoms with Gasteiger partial charge in [-0.2, -0.15) is 0 Å². The summed E-state index contributed by atoms with van der Waals surface area (Å²) >= 11 is 1.71. The highest BCUT2D eigenvalue weighted by Crippen LogP contribution is 2.43. The van der Waals surface area contributed by atoms with E-state index in [1.54, 1.807) is 11.8 Å². The number of thioether (sulfide) groups is 1. The molecule has 6 nitrogen and oxygen atoms in total. The van der Waals surface area contributed by atoms with Crippen molar-refractivity contribution in [3.05, 3.63) is 41.7 Å². The van der Waals surface area contributed by atoms with Gasteiger partial charge >= 0.3 is 0 Å². The van der Waals surface area contributed by atoms with E-state index in [9.17, 15) is 0 Å². The Morgan fingerprint density at radius 1 is 1.13 bits per heavy atom. The van der Waals surface area contributed by atoms with Gasteiger partial charge in [-0.3, -0.25) is 4.99 Å². The number of aromatic nitrogens is 3. The lowest BCUT2D eigenvalue weighted by molar-refractivity contribution is 0.244. The van der Waals surface area contributed by atoms with E-state index < -0.39 is 0 Å². The molecule has 1 aromatic heterocycles. The number of guanidine groups is 1. The highest BCUT2D eigenvalue weighted by Gasteiger charge is 2.38. The molecule has 0 aliphatic heterocycles. The lowest BCUT2D eigenvalue weighted by Crippen LogP contribution is -2.49. The molecule has 2 N–H and O–H groups in total. The third-order valence-electron chi connectivity index (χ3n) is 6.99. The summed E-state index contributed by atoms with van der Waals surface area (Å²) < 4.78 is 2.41. The van der Waals surface area contributed by atoms with Gasteiger partial charge in [-0.1, -0.05) is 61.4 Å². The van der Waals surface area contributed by atoms with Gasteiger partial charge in [0.1, 0.15) is 5.82 Å². The van der Waals surface area contributed by atoms with Gasteiger partial charge in [0, 0.05) is 38.0 Å². The van der Waals surface area contributed by atoms with Crippen LogP contribution in [0, 0.1) is 0 Å². The van der Waals surface area contributed by atoms with Crippen molar-refractivity contribution in [1.29, 1.82) is 0 Å². The van der Waals surface area contributed by atoms with Crippen LogP contribution in [-0.4, -0.2) is 47.1 Å². The van der Waals surface area contributed by atoms with Crippen molar-refractivity contribution in [3.8, 4) is 0 Å². The summed E-state index contributed by atoms with van der Waals surface area (Å²) in [5, 5.41) is 17.1. The molecule has 2 aliphatic rings. The number of aliphatic imine (C=N–C) groups is 1. The first-order valence-electron chi connectivity index (χ1n) is 11.7. The molecule has 2 aliphatic carbocycles. The SMILES string of the molecule is CN=C(NCCCc1nnc(SC)n1C1CCCC1)NCC1(c2ccccc2)CCC1. The van der Waals surface area contributed by atoms with Crippen LogP contribution in [0.2, 0.25) is 0 Å². The average molecular weight is 441 g/mol. The molecule has 1 aromatic carbocycles. The van der Waals surface area contributed by atoms with Crippen molar-refractivity contribution in [3.63, 3.8) is 0 Å². The standard InChI is InChI=1S/C24H36N6S/c1-25-22(27-18-24(15-9-16-24)19-10-4-3-5-11-19)26-17-8-14-21-28-29-23(31-2)30(21)20-12-6-7-13-20/h3-5,10-11,20H,6-9,12-18H2,1-2H3,(H2,25,26,27). The van der Waals surface area contributed by atoms with Crippen LogP contribution >= 0.6 is 11.8 Å². The third kappa shape index (κ3) is 5.08. The molecule has 0 saturated heterocycles. The maximum atomic E-state index is 4.51. The summed E-state index contributed by atoms with van der Waals surface area (Å²) in [6, 6.07) is 11.5. The predicted molar refractivity (Wildman–Crippen MR) is 129 cm³/mol. The number of benzene rings is 1. The van der Waals surface area contributed by atoms with E-state index in [0.717, 1.165) is 42.9 Å². The molecule has 0 radical (unpaired) electrons. The zero-order valence-electron chi connectivity index (χ0n) is 18.9. The van der Waals surface area contributed by atoms with Crippen molar-refractivity contribution in [1.82, 2.24) is 25.4 Å². The quantitative estimate of drug-likeness (QED) is 0.263. The van der Waals surface area contributed by atoms with E-state index in [1.807, 2.05) is 7.05 Å². The molecular formula is C24H36N6S. The molecule has 31 heavy (non-hydrogen) atoms. The minimum Gasteiger partial charge on any atom is -0.356 e. The summed E-state index contributed by atoms with van der Waals surface area (Å²) in [7, 11) is 1.85. The van der Waals surface area contributed by atoms with Crippen LogP contribution in [0.15, 0.2) is 40.5 Å². The van der Waals surface area contributed by atoms with Crippen LogP contribution in [0.4, 0.5) is 0 Å². The number of nitrogens with one attached hydrogen (secondary N) is 2. The second-order valence-electron chi connectivity index (χ2n) is 8.87. The normalized spacial score (nSPS) is 18.7. The van der Waals surface area contributed by atoms with E-state index in [0.29, 0.717) is 6.04 Å². The van der Waals surface area contributed by atoms with Crippen molar-refractivity contribution in [2.75, 3.05) is 26.4 Å². The molecule has 0 spiro atoms. The maximum Gasteiger partial charge on any atom is 0.191 e. The molecule has 0 bridgehead atoms. The Balaban J connectivity index is 1.26. The Morgan fingerprint density at radius 2 is 1.90 bits per heavy atom. The Bertz CT molecular complexity index is 852. The molecule has 4 rings (SSSR count). The lowest BCUT2D eigenvalue weighted by atomic mass is 9.64. The fourth-order valence-corrected chi connectivity index (χ4v) is 5.61. The van der Waals surface area contributed by atoms with Crippen molar-refractivity contribution in [2.24, 2.45) is 4.99 Å². The number of nitrogens with zero attached hydrogens (tertiary/aromatic N) is 4. The van der Waals surface area contributed by atoms with Gasteiger partial charge in [-0.05, 0) is 43.9 Å². The number of hydrogen-bond donors (Lipinski definition) is 2. The monoisotopic (exact) mass is 440 g/mol. The molecular weight excluding hydrogens is 404 g/mol. The average Bonchev–Trinajstić information content (AvgIpc) is 3.44. The van der Waals surface area contributed by atoms with E-state index in [2.05, 4.69) is 67.0 Å². The Hall–Kier alpha value is -2.02. The van der Waals surface area contributed by atoms with Crippen molar-refractivity contribution >= 4 is 17.7 Å². The predicted octanol–water partition coefficient (Wildman–Crippen LogP) is 4.33. The smallest absolute Gasteiger partial charge is 0.191 e. The minimum absolute atomic E-state index is 0.255. The number of aryl methyl sites for hydroxylation is 1. The Labute approximate surface area is 190 Å². The molecule has 2 fully saturated rings. The zero-order chi connectivity index (χ0) is 21.5. The number of rotatable bonds is 9. The zero-order valence-corrected chi connectivity index (χ0v) is 19.8. The fraction of sp³-hybridized carbons (Fsp3) is 0.625. The van der Waals surface area contributed by atoms with Crippen LogP contribution in [-0.2, 0) is 11.8 Å². The largest absolute Gasteiger partial charge is 0.356 e. The van der Waals surface area contributed by atoms with Gasteiger partial charge in [0.2, 0.25) is 0 Å². The van der Waals surface area contributed by atoms with Gasteiger partial charge in [-0.25, -0.2) is 0 Å². The maximum absolute atomic E-state index is 4.51. The van der Waals surface area contributed by atoms with Gasteiger partial charge in [0.15, 0.2) is 11.1 Å². The minimum atomic E-state index is 0.255. The van der Waals surface area contributed by atoms with Crippen LogP contribution < -0.4 is 10.6 Å². The first kappa shape index (κ1) is 22.2. The van der Waals surface area contributed by atoms with Gasteiger partial charge in [0.25, 0.3) is 0 Å². The first-order valence-corrected chi connectivity index (χ1v) is 13.0. The van der Waals surface area contributed by atoms with Crippen LogP contribution in [0.5, 0.6) is 0 Å². The highest BCUT2D eigenvalue weighted by atomic mass is 32.2. The Kier molecular flexibility index (Phi) is 7.54. The van der Waals surface area contributed by atoms with Crippen LogP contribution in [0.1, 0.15) is 68.8 Å². The van der Waals surface area contributed by atoms with E-state index in [4.69, 9.17) is 0 Å². The van der Waals surface area contributed by atoms with Crippen LogP contribution in [0.25, 0.3) is 0 Å². The molecule has 2 aromatic rings.